The minimum absolute atomic E-state index is 0.0442. The van der Waals surface area contributed by atoms with Crippen molar-refractivity contribution in [1.82, 2.24) is 0 Å². The minimum atomic E-state index is -0.0442. The van der Waals surface area contributed by atoms with Gasteiger partial charge in [0.15, 0.2) is 0 Å². The molecule has 0 aliphatic heterocycles. The van der Waals surface area contributed by atoms with Gasteiger partial charge in [-0.25, -0.2) is 0 Å². The van der Waals surface area contributed by atoms with Gasteiger partial charge in [-0.3, -0.25) is 4.79 Å². The molecule has 2 aliphatic carbocycles. The summed E-state index contributed by atoms with van der Waals surface area (Å²) < 4.78 is 4.93. The van der Waals surface area contributed by atoms with E-state index in [0.717, 1.165) is 18.3 Å². The Morgan fingerprint density at radius 1 is 1.21 bits per heavy atom. The van der Waals surface area contributed by atoms with E-state index in [0.29, 0.717) is 6.42 Å². The van der Waals surface area contributed by atoms with Crippen molar-refractivity contribution in [2.45, 2.75) is 38.5 Å². The lowest BCUT2D eigenvalue weighted by atomic mass is 9.76. The number of carbonyl (C=O) groups excluding carboxylic acids is 1. The van der Waals surface area contributed by atoms with Crippen molar-refractivity contribution < 1.29 is 9.53 Å². The molecule has 3 atom stereocenters. The Balaban J connectivity index is 1.78. The molecule has 1 aromatic carbocycles. The molecule has 0 radical (unpaired) electrons. The van der Waals surface area contributed by atoms with Crippen LogP contribution in [0.15, 0.2) is 30.3 Å². The van der Waals surface area contributed by atoms with Gasteiger partial charge in [-0.05, 0) is 54.9 Å². The molecule has 2 saturated carbocycles. The fraction of sp³-hybridized carbons (Fsp3) is 0.588. The number of benzene rings is 1. The molecule has 0 bridgehead atoms. The highest BCUT2D eigenvalue weighted by Crippen LogP contribution is 2.58. The molecule has 0 spiro atoms. The number of ether oxygens (including phenoxy) is 1. The van der Waals surface area contributed by atoms with Crippen LogP contribution in [-0.4, -0.2) is 13.1 Å². The normalized spacial score (nSPS) is 32.5. The molecule has 102 valence electrons. The number of esters is 1. The fourth-order valence-electron chi connectivity index (χ4n) is 4.13. The zero-order valence-corrected chi connectivity index (χ0v) is 11.6. The number of rotatable bonds is 4. The number of hydrogen-bond donors (Lipinski definition) is 0. The quantitative estimate of drug-likeness (QED) is 0.771. The van der Waals surface area contributed by atoms with Crippen molar-refractivity contribution >= 4 is 5.97 Å². The zero-order valence-electron chi connectivity index (χ0n) is 11.6. The molecule has 3 rings (SSSR count). The monoisotopic (exact) mass is 258 g/mol. The maximum atomic E-state index is 11.8. The van der Waals surface area contributed by atoms with Crippen LogP contribution in [0.25, 0.3) is 0 Å². The van der Waals surface area contributed by atoms with Crippen LogP contribution in [0, 0.1) is 17.3 Å². The standard InChI is InChI=1S/C17H22O2/c1-19-16(18)12-17(9-13-5-3-2-4-6-13)10-14-7-8-15(14)11-17/h2-6,14-15H,7-12H2,1H3/t14-,15+,17?. The van der Waals surface area contributed by atoms with E-state index in [-0.39, 0.29) is 11.4 Å². The summed E-state index contributed by atoms with van der Waals surface area (Å²) in [6.45, 7) is 0. The van der Waals surface area contributed by atoms with Gasteiger partial charge in [0, 0.05) is 0 Å². The SMILES string of the molecule is COC(=O)CC1(Cc2ccccc2)C[C@H]2CC[C@H]2C1. The number of methoxy groups -OCH3 is 1. The van der Waals surface area contributed by atoms with E-state index >= 15 is 0 Å². The summed E-state index contributed by atoms with van der Waals surface area (Å²) in [6.07, 6.45) is 6.76. The molecule has 0 heterocycles. The van der Waals surface area contributed by atoms with Crippen molar-refractivity contribution in [3.05, 3.63) is 35.9 Å². The largest absolute Gasteiger partial charge is 0.469 e. The van der Waals surface area contributed by atoms with Crippen LogP contribution in [0.4, 0.5) is 0 Å². The molecule has 1 aromatic rings. The molecule has 2 heteroatoms. The lowest BCUT2D eigenvalue weighted by Gasteiger charge is -2.29. The van der Waals surface area contributed by atoms with Gasteiger partial charge < -0.3 is 4.74 Å². The van der Waals surface area contributed by atoms with E-state index in [1.807, 2.05) is 0 Å². The van der Waals surface area contributed by atoms with Gasteiger partial charge in [0.25, 0.3) is 0 Å². The second-order valence-electron chi connectivity index (χ2n) is 6.42. The molecule has 0 N–H and O–H groups in total. The first-order valence-electron chi connectivity index (χ1n) is 7.31. The third-order valence-corrected chi connectivity index (χ3v) is 5.13. The first-order chi connectivity index (χ1) is 9.21. The van der Waals surface area contributed by atoms with Crippen LogP contribution in [0.2, 0.25) is 0 Å². The molecule has 0 saturated heterocycles. The lowest BCUT2D eigenvalue weighted by Crippen LogP contribution is -2.25. The number of carbonyl (C=O) groups is 1. The van der Waals surface area contributed by atoms with Gasteiger partial charge in [-0.15, -0.1) is 0 Å². The Morgan fingerprint density at radius 2 is 1.84 bits per heavy atom. The van der Waals surface area contributed by atoms with Crippen molar-refractivity contribution in [2.75, 3.05) is 7.11 Å². The maximum Gasteiger partial charge on any atom is 0.306 e. The summed E-state index contributed by atoms with van der Waals surface area (Å²) in [4.78, 5) is 11.8. The van der Waals surface area contributed by atoms with Gasteiger partial charge >= 0.3 is 5.97 Å². The molecule has 2 fully saturated rings. The van der Waals surface area contributed by atoms with E-state index in [1.54, 1.807) is 0 Å². The highest BCUT2D eigenvalue weighted by atomic mass is 16.5. The second kappa shape index (κ2) is 4.99. The van der Waals surface area contributed by atoms with Crippen LogP contribution in [0.3, 0.4) is 0 Å². The molecular weight excluding hydrogens is 236 g/mol. The number of hydrogen-bond acceptors (Lipinski definition) is 2. The topological polar surface area (TPSA) is 26.3 Å². The third-order valence-electron chi connectivity index (χ3n) is 5.13. The van der Waals surface area contributed by atoms with Crippen LogP contribution in [0.1, 0.15) is 37.7 Å². The third kappa shape index (κ3) is 2.54. The van der Waals surface area contributed by atoms with Crippen molar-refractivity contribution in [3.63, 3.8) is 0 Å². The second-order valence-corrected chi connectivity index (χ2v) is 6.42. The van der Waals surface area contributed by atoms with E-state index < -0.39 is 0 Å². The summed E-state index contributed by atoms with van der Waals surface area (Å²) >= 11 is 0. The molecular formula is C17H22O2. The van der Waals surface area contributed by atoms with Gasteiger partial charge in [-0.2, -0.15) is 0 Å². The Morgan fingerprint density at radius 3 is 2.37 bits per heavy atom. The maximum absolute atomic E-state index is 11.8. The smallest absolute Gasteiger partial charge is 0.306 e. The summed E-state index contributed by atoms with van der Waals surface area (Å²) in [5, 5.41) is 0. The predicted molar refractivity (Wildman–Crippen MR) is 74.7 cm³/mol. The van der Waals surface area contributed by atoms with E-state index in [1.165, 1.54) is 38.4 Å². The Kier molecular flexibility index (Phi) is 3.34. The minimum Gasteiger partial charge on any atom is -0.469 e. The van der Waals surface area contributed by atoms with E-state index in [4.69, 9.17) is 4.74 Å². The fourth-order valence-corrected chi connectivity index (χ4v) is 4.13. The molecule has 2 aliphatic rings. The van der Waals surface area contributed by atoms with Crippen molar-refractivity contribution in [3.8, 4) is 0 Å². The molecule has 0 aromatic heterocycles. The number of fused-ring (bicyclic) bond motifs is 1. The van der Waals surface area contributed by atoms with Crippen molar-refractivity contribution in [2.24, 2.45) is 17.3 Å². The Bertz CT molecular complexity index is 440. The molecule has 1 unspecified atom stereocenters. The van der Waals surface area contributed by atoms with Crippen LogP contribution < -0.4 is 0 Å². The highest BCUT2D eigenvalue weighted by Gasteiger charge is 2.49. The average molecular weight is 258 g/mol. The van der Waals surface area contributed by atoms with Crippen LogP contribution >= 0.6 is 0 Å². The first-order valence-corrected chi connectivity index (χ1v) is 7.31. The van der Waals surface area contributed by atoms with Gasteiger partial charge in [0.2, 0.25) is 0 Å². The van der Waals surface area contributed by atoms with Gasteiger partial charge in [-0.1, -0.05) is 30.3 Å². The molecule has 2 nitrogen and oxygen atoms in total. The van der Waals surface area contributed by atoms with E-state index in [2.05, 4.69) is 30.3 Å². The molecule has 0 amide bonds. The summed E-state index contributed by atoms with van der Waals surface area (Å²) in [7, 11) is 1.50. The van der Waals surface area contributed by atoms with Gasteiger partial charge in [0.05, 0.1) is 13.5 Å². The summed E-state index contributed by atoms with van der Waals surface area (Å²) in [5.74, 6) is 1.69. The van der Waals surface area contributed by atoms with Gasteiger partial charge in [0.1, 0.15) is 0 Å². The van der Waals surface area contributed by atoms with Crippen LogP contribution in [-0.2, 0) is 16.0 Å². The lowest BCUT2D eigenvalue weighted by molar-refractivity contribution is -0.143. The molecule has 19 heavy (non-hydrogen) atoms. The van der Waals surface area contributed by atoms with Crippen molar-refractivity contribution in [1.29, 1.82) is 0 Å². The average Bonchev–Trinajstić information content (AvgIpc) is 2.64. The summed E-state index contributed by atoms with van der Waals surface area (Å²) in [6, 6.07) is 10.6. The predicted octanol–water partition coefficient (Wildman–Crippen LogP) is 3.60. The Labute approximate surface area is 115 Å². The first kappa shape index (κ1) is 12.7. The Hall–Kier alpha value is -1.31. The highest BCUT2D eigenvalue weighted by molar-refractivity contribution is 5.70. The zero-order chi connectivity index (χ0) is 13.3. The summed E-state index contributed by atoms with van der Waals surface area (Å²) in [5.41, 5.74) is 1.51. The van der Waals surface area contributed by atoms with E-state index in [9.17, 15) is 4.79 Å². The van der Waals surface area contributed by atoms with Crippen LogP contribution in [0.5, 0.6) is 0 Å².